The van der Waals surface area contributed by atoms with Crippen molar-refractivity contribution < 1.29 is 0 Å². The average Bonchev–Trinajstić information content (AvgIpc) is 2.15. The van der Waals surface area contributed by atoms with E-state index < -0.39 is 0 Å². The second kappa shape index (κ2) is 8.15. The lowest BCUT2D eigenvalue weighted by Crippen LogP contribution is -2.27. The Morgan fingerprint density at radius 3 is 1.93 bits per heavy atom. The van der Waals surface area contributed by atoms with Crippen LogP contribution in [-0.2, 0) is 0 Å². The molecule has 0 amide bonds. The van der Waals surface area contributed by atoms with Crippen LogP contribution in [-0.4, -0.2) is 13.1 Å². The molecule has 0 radical (unpaired) electrons. The first-order valence-corrected chi connectivity index (χ1v) is 6.68. The molecule has 0 spiro atoms. The Morgan fingerprint density at radius 2 is 1.53 bits per heavy atom. The molecule has 1 heteroatoms. The van der Waals surface area contributed by atoms with Crippen LogP contribution in [0.1, 0.15) is 54.4 Å². The van der Waals surface area contributed by atoms with Gasteiger partial charge in [-0.1, -0.05) is 48.0 Å². The fraction of sp³-hybridized carbons (Fsp3) is 1.00. The molecule has 1 nitrogen and oxygen atoms in total. The van der Waals surface area contributed by atoms with E-state index >= 15 is 0 Å². The van der Waals surface area contributed by atoms with E-state index in [1.54, 1.807) is 0 Å². The zero-order valence-corrected chi connectivity index (χ0v) is 11.6. The summed E-state index contributed by atoms with van der Waals surface area (Å²) >= 11 is 0. The number of hydrogen-bond acceptors (Lipinski definition) is 1. The van der Waals surface area contributed by atoms with Crippen molar-refractivity contribution in [1.29, 1.82) is 0 Å². The molecular formula is C14H31N. The van der Waals surface area contributed by atoms with Crippen molar-refractivity contribution in [3.63, 3.8) is 0 Å². The van der Waals surface area contributed by atoms with E-state index in [1.807, 2.05) is 0 Å². The lowest BCUT2D eigenvalue weighted by Gasteiger charge is -2.23. The fourth-order valence-corrected chi connectivity index (χ4v) is 1.77. The molecule has 0 fully saturated rings. The largest absolute Gasteiger partial charge is 0.316 e. The molecular weight excluding hydrogens is 182 g/mol. The van der Waals surface area contributed by atoms with Crippen LogP contribution in [0.15, 0.2) is 0 Å². The third-order valence-electron chi connectivity index (χ3n) is 3.41. The van der Waals surface area contributed by atoms with Gasteiger partial charge in [0.2, 0.25) is 0 Å². The van der Waals surface area contributed by atoms with Crippen LogP contribution in [0.5, 0.6) is 0 Å². The molecule has 92 valence electrons. The lowest BCUT2D eigenvalue weighted by molar-refractivity contribution is 0.301. The van der Waals surface area contributed by atoms with Gasteiger partial charge in [-0.3, -0.25) is 0 Å². The van der Waals surface area contributed by atoms with Gasteiger partial charge in [0.15, 0.2) is 0 Å². The summed E-state index contributed by atoms with van der Waals surface area (Å²) in [7, 11) is 0. The summed E-state index contributed by atoms with van der Waals surface area (Å²) in [5.74, 6) is 3.31. The number of hydrogen-bond donors (Lipinski definition) is 1. The van der Waals surface area contributed by atoms with Crippen LogP contribution in [0.2, 0.25) is 0 Å². The summed E-state index contributed by atoms with van der Waals surface area (Å²) in [5.41, 5.74) is 0. The van der Waals surface area contributed by atoms with Gasteiger partial charge in [0, 0.05) is 0 Å². The summed E-state index contributed by atoms with van der Waals surface area (Å²) in [6, 6.07) is 0. The van der Waals surface area contributed by atoms with Crippen LogP contribution < -0.4 is 5.32 Å². The van der Waals surface area contributed by atoms with Crippen molar-refractivity contribution in [2.24, 2.45) is 23.7 Å². The molecule has 0 bridgehead atoms. The van der Waals surface area contributed by atoms with Gasteiger partial charge in [-0.2, -0.15) is 0 Å². The monoisotopic (exact) mass is 213 g/mol. The molecule has 0 saturated carbocycles. The number of rotatable bonds is 8. The van der Waals surface area contributed by atoms with E-state index in [-0.39, 0.29) is 0 Å². The van der Waals surface area contributed by atoms with Gasteiger partial charge in [0.25, 0.3) is 0 Å². The minimum atomic E-state index is 0.769. The predicted octanol–water partition coefficient (Wildman–Crippen LogP) is 3.94. The summed E-state index contributed by atoms with van der Waals surface area (Å²) in [5, 5.41) is 3.58. The highest BCUT2D eigenvalue weighted by Crippen LogP contribution is 2.21. The van der Waals surface area contributed by atoms with Gasteiger partial charge >= 0.3 is 0 Å². The van der Waals surface area contributed by atoms with Crippen LogP contribution in [0, 0.1) is 23.7 Å². The Balaban J connectivity index is 3.72. The Kier molecular flexibility index (Phi) is 8.13. The summed E-state index contributed by atoms with van der Waals surface area (Å²) < 4.78 is 0. The fourth-order valence-electron chi connectivity index (χ4n) is 1.77. The minimum Gasteiger partial charge on any atom is -0.316 e. The van der Waals surface area contributed by atoms with Crippen LogP contribution in [0.4, 0.5) is 0 Å². The molecule has 15 heavy (non-hydrogen) atoms. The van der Waals surface area contributed by atoms with Gasteiger partial charge in [-0.05, 0) is 43.2 Å². The zero-order chi connectivity index (χ0) is 11.8. The van der Waals surface area contributed by atoms with Gasteiger partial charge in [-0.15, -0.1) is 0 Å². The Hall–Kier alpha value is -0.0400. The van der Waals surface area contributed by atoms with E-state index in [1.165, 1.54) is 19.4 Å². The highest BCUT2D eigenvalue weighted by Gasteiger charge is 2.13. The highest BCUT2D eigenvalue weighted by atomic mass is 14.9. The molecule has 0 rings (SSSR count). The van der Waals surface area contributed by atoms with E-state index in [0.717, 1.165) is 30.2 Å². The van der Waals surface area contributed by atoms with Crippen molar-refractivity contribution in [3.05, 3.63) is 0 Å². The first-order chi connectivity index (χ1) is 6.97. The molecule has 0 aromatic carbocycles. The molecule has 2 unspecified atom stereocenters. The molecule has 1 N–H and O–H groups in total. The zero-order valence-electron chi connectivity index (χ0n) is 11.6. The minimum absolute atomic E-state index is 0.769. The summed E-state index contributed by atoms with van der Waals surface area (Å²) in [6.45, 7) is 16.3. The molecule has 0 aromatic heterocycles. The van der Waals surface area contributed by atoms with Gasteiger partial charge in [0.1, 0.15) is 0 Å². The van der Waals surface area contributed by atoms with Gasteiger partial charge < -0.3 is 5.32 Å². The van der Waals surface area contributed by atoms with Crippen molar-refractivity contribution in [2.45, 2.75) is 54.4 Å². The molecule has 2 atom stereocenters. The van der Waals surface area contributed by atoms with E-state index in [9.17, 15) is 0 Å². The predicted molar refractivity (Wildman–Crippen MR) is 70.1 cm³/mol. The SMILES string of the molecule is CCC(CNCC(C)C)CC(C)C(C)C. The molecule has 0 heterocycles. The maximum atomic E-state index is 3.58. The summed E-state index contributed by atoms with van der Waals surface area (Å²) in [6.07, 6.45) is 2.68. The van der Waals surface area contributed by atoms with E-state index in [4.69, 9.17) is 0 Å². The Labute approximate surface area is 97.0 Å². The molecule has 0 aliphatic rings. The van der Waals surface area contributed by atoms with Crippen molar-refractivity contribution in [1.82, 2.24) is 5.32 Å². The second-order valence-electron chi connectivity index (χ2n) is 5.78. The Bertz CT molecular complexity index is 140. The molecule has 0 aliphatic heterocycles. The first-order valence-electron chi connectivity index (χ1n) is 6.68. The Morgan fingerprint density at radius 1 is 0.933 bits per heavy atom. The van der Waals surface area contributed by atoms with Gasteiger partial charge in [0.05, 0.1) is 0 Å². The van der Waals surface area contributed by atoms with Crippen LogP contribution >= 0.6 is 0 Å². The van der Waals surface area contributed by atoms with E-state index in [2.05, 4.69) is 46.9 Å². The third kappa shape index (κ3) is 7.84. The maximum absolute atomic E-state index is 3.58. The quantitative estimate of drug-likeness (QED) is 0.644. The third-order valence-corrected chi connectivity index (χ3v) is 3.41. The van der Waals surface area contributed by atoms with Crippen molar-refractivity contribution >= 4 is 0 Å². The molecule has 0 aromatic rings. The summed E-state index contributed by atoms with van der Waals surface area (Å²) in [4.78, 5) is 0. The number of nitrogens with one attached hydrogen (secondary N) is 1. The molecule has 0 aliphatic carbocycles. The maximum Gasteiger partial charge on any atom is -0.00204 e. The smallest absolute Gasteiger partial charge is 0.00204 e. The van der Waals surface area contributed by atoms with Crippen molar-refractivity contribution in [2.75, 3.05) is 13.1 Å². The second-order valence-corrected chi connectivity index (χ2v) is 5.78. The first kappa shape index (κ1) is 15.0. The molecule has 0 saturated heterocycles. The van der Waals surface area contributed by atoms with Crippen molar-refractivity contribution in [3.8, 4) is 0 Å². The van der Waals surface area contributed by atoms with Gasteiger partial charge in [-0.25, -0.2) is 0 Å². The standard InChI is InChI=1S/C14H31N/c1-7-14(8-13(6)12(4)5)10-15-9-11(2)3/h11-15H,7-10H2,1-6H3. The highest BCUT2D eigenvalue weighted by molar-refractivity contribution is 4.67. The van der Waals surface area contributed by atoms with E-state index in [0.29, 0.717) is 0 Å². The lowest BCUT2D eigenvalue weighted by atomic mass is 9.86. The normalized spacial score (nSPS) is 16.0. The topological polar surface area (TPSA) is 12.0 Å². The van der Waals surface area contributed by atoms with Crippen LogP contribution in [0.3, 0.4) is 0 Å². The average molecular weight is 213 g/mol. The van der Waals surface area contributed by atoms with Crippen LogP contribution in [0.25, 0.3) is 0 Å².